The molecule has 2 aromatic carbocycles. The highest BCUT2D eigenvalue weighted by atomic mass is 31.1. The fourth-order valence-electron chi connectivity index (χ4n) is 1.93. The van der Waals surface area contributed by atoms with Crippen LogP contribution in [0.4, 0.5) is 0 Å². The van der Waals surface area contributed by atoms with E-state index in [1.807, 2.05) is 0 Å². The molecule has 0 bridgehead atoms. The van der Waals surface area contributed by atoms with Gasteiger partial charge in [0.25, 0.3) is 0 Å². The number of hydrogen-bond acceptors (Lipinski definition) is 0. The van der Waals surface area contributed by atoms with Gasteiger partial charge in [-0.15, -0.1) is 0 Å². The first-order chi connectivity index (χ1) is 7.77. The SMILES string of the molecule is Cc1ccccc1P(C)Cc1ccccc1. The van der Waals surface area contributed by atoms with Gasteiger partial charge in [-0.1, -0.05) is 62.5 Å². The average Bonchev–Trinajstić information content (AvgIpc) is 2.31. The van der Waals surface area contributed by atoms with E-state index in [0.29, 0.717) is 0 Å². The van der Waals surface area contributed by atoms with Crippen LogP contribution in [0.1, 0.15) is 11.1 Å². The number of benzene rings is 2. The number of rotatable bonds is 3. The van der Waals surface area contributed by atoms with Crippen LogP contribution >= 0.6 is 7.92 Å². The van der Waals surface area contributed by atoms with E-state index in [2.05, 4.69) is 68.2 Å². The molecule has 0 saturated carbocycles. The molecule has 16 heavy (non-hydrogen) atoms. The van der Waals surface area contributed by atoms with E-state index in [1.54, 1.807) is 0 Å². The van der Waals surface area contributed by atoms with E-state index >= 15 is 0 Å². The summed E-state index contributed by atoms with van der Waals surface area (Å²) in [6.45, 7) is 4.57. The molecule has 0 radical (unpaired) electrons. The molecule has 0 spiro atoms. The first kappa shape index (κ1) is 11.4. The Kier molecular flexibility index (Phi) is 3.74. The molecule has 0 nitrogen and oxygen atoms in total. The Morgan fingerprint density at radius 1 is 0.875 bits per heavy atom. The molecule has 0 aliphatic rings. The lowest BCUT2D eigenvalue weighted by atomic mass is 10.2. The summed E-state index contributed by atoms with van der Waals surface area (Å²) in [5, 5.41) is 1.53. The summed E-state index contributed by atoms with van der Waals surface area (Å²) in [6, 6.07) is 19.5. The summed E-state index contributed by atoms with van der Waals surface area (Å²) in [5.74, 6) is 0. The third-order valence-electron chi connectivity index (χ3n) is 2.79. The molecule has 0 saturated heterocycles. The lowest BCUT2D eigenvalue weighted by Crippen LogP contribution is -2.05. The van der Waals surface area contributed by atoms with Crippen LogP contribution in [0.5, 0.6) is 0 Å². The molecule has 0 aliphatic carbocycles. The molecule has 82 valence electrons. The van der Waals surface area contributed by atoms with Crippen molar-refractivity contribution in [2.75, 3.05) is 6.66 Å². The van der Waals surface area contributed by atoms with Gasteiger partial charge in [0.2, 0.25) is 0 Å². The van der Waals surface area contributed by atoms with Crippen LogP contribution in [0, 0.1) is 6.92 Å². The molecular weight excluding hydrogens is 211 g/mol. The molecule has 0 aromatic heterocycles. The van der Waals surface area contributed by atoms with Gasteiger partial charge < -0.3 is 0 Å². The van der Waals surface area contributed by atoms with E-state index in [0.717, 1.165) is 0 Å². The zero-order chi connectivity index (χ0) is 11.4. The Morgan fingerprint density at radius 2 is 1.50 bits per heavy atom. The average molecular weight is 228 g/mol. The van der Waals surface area contributed by atoms with E-state index in [1.165, 1.54) is 22.6 Å². The van der Waals surface area contributed by atoms with Crippen molar-refractivity contribution >= 4 is 13.2 Å². The highest BCUT2D eigenvalue weighted by Crippen LogP contribution is 2.35. The lowest BCUT2D eigenvalue weighted by molar-refractivity contribution is 1.39. The zero-order valence-electron chi connectivity index (χ0n) is 9.85. The number of hydrogen-bond donors (Lipinski definition) is 0. The van der Waals surface area contributed by atoms with Crippen LogP contribution in [0.3, 0.4) is 0 Å². The van der Waals surface area contributed by atoms with Gasteiger partial charge in [-0.25, -0.2) is 0 Å². The molecule has 1 heteroatoms. The summed E-state index contributed by atoms with van der Waals surface area (Å²) in [5.41, 5.74) is 2.87. The fourth-order valence-corrected chi connectivity index (χ4v) is 3.88. The second-order valence-corrected chi connectivity index (χ2v) is 6.32. The van der Waals surface area contributed by atoms with Gasteiger partial charge in [-0.3, -0.25) is 0 Å². The Morgan fingerprint density at radius 3 is 2.19 bits per heavy atom. The van der Waals surface area contributed by atoms with Gasteiger partial charge in [-0.2, -0.15) is 0 Å². The molecule has 1 atom stereocenters. The summed E-state index contributed by atoms with van der Waals surface area (Å²) < 4.78 is 0. The standard InChI is InChI=1S/C15H17P/c1-13-8-6-7-11-15(13)16(2)12-14-9-4-3-5-10-14/h3-11H,12H2,1-2H3. The topological polar surface area (TPSA) is 0 Å². The minimum absolute atomic E-state index is 0.0728. The van der Waals surface area contributed by atoms with Crippen molar-refractivity contribution < 1.29 is 0 Å². The van der Waals surface area contributed by atoms with Crippen molar-refractivity contribution in [2.45, 2.75) is 13.1 Å². The summed E-state index contributed by atoms with van der Waals surface area (Å²) >= 11 is 0. The molecule has 2 rings (SSSR count). The summed E-state index contributed by atoms with van der Waals surface area (Å²) in [6.07, 6.45) is 1.18. The first-order valence-electron chi connectivity index (χ1n) is 5.58. The fraction of sp³-hybridized carbons (Fsp3) is 0.200. The normalized spacial score (nSPS) is 12.4. The molecule has 2 aromatic rings. The Balaban J connectivity index is 2.15. The van der Waals surface area contributed by atoms with Gasteiger partial charge in [0.05, 0.1) is 0 Å². The van der Waals surface area contributed by atoms with E-state index in [9.17, 15) is 0 Å². The molecular formula is C15H17P. The third-order valence-corrected chi connectivity index (χ3v) is 4.95. The highest BCUT2D eigenvalue weighted by molar-refractivity contribution is 7.64. The van der Waals surface area contributed by atoms with E-state index in [-0.39, 0.29) is 7.92 Å². The largest absolute Gasteiger partial charge is 0.0737 e. The quantitative estimate of drug-likeness (QED) is 0.698. The maximum Gasteiger partial charge on any atom is -0.00352 e. The van der Waals surface area contributed by atoms with Gasteiger partial charge in [-0.05, 0) is 36.2 Å². The van der Waals surface area contributed by atoms with Gasteiger partial charge in [0.1, 0.15) is 0 Å². The molecule has 0 fully saturated rings. The smallest absolute Gasteiger partial charge is 0.00352 e. The van der Waals surface area contributed by atoms with Gasteiger partial charge >= 0.3 is 0 Å². The maximum absolute atomic E-state index is 2.37. The number of aryl methyl sites for hydroxylation is 1. The van der Waals surface area contributed by atoms with Crippen molar-refractivity contribution in [3.05, 3.63) is 65.7 Å². The van der Waals surface area contributed by atoms with Crippen LogP contribution in [0.2, 0.25) is 0 Å². The van der Waals surface area contributed by atoms with E-state index < -0.39 is 0 Å². The highest BCUT2D eigenvalue weighted by Gasteiger charge is 2.07. The molecule has 0 amide bonds. The van der Waals surface area contributed by atoms with Crippen LogP contribution in [0.15, 0.2) is 54.6 Å². The molecule has 0 heterocycles. The van der Waals surface area contributed by atoms with Crippen molar-refractivity contribution in [1.82, 2.24) is 0 Å². The monoisotopic (exact) mass is 228 g/mol. The van der Waals surface area contributed by atoms with Crippen LogP contribution in [0.25, 0.3) is 0 Å². The second-order valence-electron chi connectivity index (χ2n) is 4.13. The predicted octanol–water partition coefficient (Wildman–Crippen LogP) is 3.93. The molecule has 0 aliphatic heterocycles. The Hall–Kier alpha value is -1.13. The second kappa shape index (κ2) is 5.27. The van der Waals surface area contributed by atoms with Crippen molar-refractivity contribution in [3.63, 3.8) is 0 Å². The third kappa shape index (κ3) is 2.71. The molecule has 1 unspecified atom stereocenters. The first-order valence-corrected chi connectivity index (χ1v) is 7.55. The van der Waals surface area contributed by atoms with Gasteiger partial charge in [0.15, 0.2) is 0 Å². The van der Waals surface area contributed by atoms with Crippen LogP contribution in [-0.2, 0) is 6.16 Å². The van der Waals surface area contributed by atoms with Crippen molar-refractivity contribution in [1.29, 1.82) is 0 Å². The maximum atomic E-state index is 2.37. The van der Waals surface area contributed by atoms with Crippen LogP contribution in [-0.4, -0.2) is 6.66 Å². The minimum atomic E-state index is -0.0728. The van der Waals surface area contributed by atoms with Crippen molar-refractivity contribution in [2.24, 2.45) is 0 Å². The minimum Gasteiger partial charge on any atom is -0.0737 e. The summed E-state index contributed by atoms with van der Waals surface area (Å²) in [4.78, 5) is 0. The lowest BCUT2D eigenvalue weighted by Gasteiger charge is -2.15. The molecule has 0 N–H and O–H groups in total. The van der Waals surface area contributed by atoms with Crippen molar-refractivity contribution in [3.8, 4) is 0 Å². The van der Waals surface area contributed by atoms with E-state index in [4.69, 9.17) is 0 Å². The Bertz CT molecular complexity index is 448. The summed E-state index contributed by atoms with van der Waals surface area (Å²) in [7, 11) is -0.0728. The van der Waals surface area contributed by atoms with Crippen LogP contribution < -0.4 is 5.30 Å². The van der Waals surface area contributed by atoms with Gasteiger partial charge in [0, 0.05) is 0 Å². The predicted molar refractivity (Wildman–Crippen MR) is 73.8 cm³/mol. The Labute approximate surface area is 99.1 Å². The zero-order valence-corrected chi connectivity index (χ0v) is 10.7.